The van der Waals surface area contributed by atoms with Crippen molar-refractivity contribution in [3.8, 4) is 0 Å². The van der Waals surface area contributed by atoms with Crippen LogP contribution < -0.4 is 5.32 Å². The summed E-state index contributed by atoms with van der Waals surface area (Å²) < 4.78 is 39.8. The van der Waals surface area contributed by atoms with Crippen LogP contribution in [-0.2, 0) is 0 Å². The Balaban J connectivity index is 2.42. The number of hydrogen-bond acceptors (Lipinski definition) is 3. The highest BCUT2D eigenvalue weighted by Gasteiger charge is 2.48. The Kier molecular flexibility index (Phi) is 3.61. The molecule has 5 nitrogen and oxygen atoms in total. The molecule has 2 rings (SSSR count). The summed E-state index contributed by atoms with van der Waals surface area (Å²) in [7, 11) is 0. The number of fused-ring (bicyclic) bond motifs is 1. The highest BCUT2D eigenvalue weighted by Crippen LogP contribution is 2.30. The van der Waals surface area contributed by atoms with E-state index in [1.165, 1.54) is 10.6 Å². The van der Waals surface area contributed by atoms with Crippen molar-refractivity contribution < 1.29 is 18.0 Å². The lowest BCUT2D eigenvalue weighted by Gasteiger charge is -2.28. The molecule has 1 N–H and O–H groups in total. The molecule has 0 aromatic carbocycles. The predicted octanol–water partition coefficient (Wildman–Crippen LogP) is 2.76. The largest absolute Gasteiger partial charge is 0.410 e. The third-order valence-corrected chi connectivity index (χ3v) is 3.19. The molecule has 0 aliphatic carbocycles. The van der Waals surface area contributed by atoms with Gasteiger partial charge in [-0.1, -0.05) is 11.6 Å². The summed E-state index contributed by atoms with van der Waals surface area (Å²) in [6.07, 6.45) is -3.42. The van der Waals surface area contributed by atoms with Gasteiger partial charge in [0.05, 0.1) is 6.20 Å². The van der Waals surface area contributed by atoms with E-state index in [1.54, 1.807) is 6.92 Å². The van der Waals surface area contributed by atoms with E-state index >= 15 is 0 Å². The number of amides is 1. The van der Waals surface area contributed by atoms with Crippen LogP contribution in [0.3, 0.4) is 0 Å². The van der Waals surface area contributed by atoms with Crippen LogP contribution in [0.1, 0.15) is 29.9 Å². The Morgan fingerprint density at radius 3 is 2.57 bits per heavy atom. The number of nitrogens with one attached hydrogen (secondary N) is 1. The molecule has 1 amide bonds. The van der Waals surface area contributed by atoms with Gasteiger partial charge in [0, 0.05) is 5.69 Å². The van der Waals surface area contributed by atoms with Crippen LogP contribution in [0, 0.1) is 6.92 Å². The SMILES string of the molecule is Cc1cc(Cl)nc2c(C(=O)NC(C)(C)C(F)(F)F)cnn12. The molecule has 2 aromatic heterocycles. The quantitative estimate of drug-likeness (QED) is 0.866. The van der Waals surface area contributed by atoms with Crippen LogP contribution in [0.2, 0.25) is 5.15 Å². The van der Waals surface area contributed by atoms with Crippen LogP contribution in [0.5, 0.6) is 0 Å². The van der Waals surface area contributed by atoms with Crippen molar-refractivity contribution in [2.24, 2.45) is 0 Å². The minimum Gasteiger partial charge on any atom is -0.338 e. The highest BCUT2D eigenvalue weighted by atomic mass is 35.5. The molecule has 2 heterocycles. The fourth-order valence-corrected chi connectivity index (χ4v) is 1.89. The number of halogens is 4. The third-order valence-electron chi connectivity index (χ3n) is 3.00. The maximum Gasteiger partial charge on any atom is 0.410 e. The van der Waals surface area contributed by atoms with Crippen LogP contribution in [0.4, 0.5) is 13.2 Å². The van der Waals surface area contributed by atoms with Gasteiger partial charge in [-0.2, -0.15) is 18.3 Å². The van der Waals surface area contributed by atoms with E-state index < -0.39 is 17.6 Å². The first-order valence-electron chi connectivity index (χ1n) is 5.93. The average molecular weight is 321 g/mol. The molecule has 2 aromatic rings. The smallest absolute Gasteiger partial charge is 0.338 e. The second-order valence-electron chi connectivity index (χ2n) is 5.09. The lowest BCUT2D eigenvalue weighted by molar-refractivity contribution is -0.182. The maximum absolute atomic E-state index is 12.8. The number of carbonyl (C=O) groups excluding carboxylic acids is 1. The first kappa shape index (κ1) is 15.6. The van der Waals surface area contributed by atoms with E-state index in [-0.39, 0.29) is 16.4 Å². The number of nitrogens with zero attached hydrogens (tertiary/aromatic N) is 3. The van der Waals surface area contributed by atoms with Gasteiger partial charge >= 0.3 is 6.18 Å². The molecule has 0 atom stereocenters. The summed E-state index contributed by atoms with van der Waals surface area (Å²) >= 11 is 5.80. The normalized spacial score (nSPS) is 12.7. The molecule has 0 aliphatic heterocycles. The maximum atomic E-state index is 12.8. The number of hydrogen-bond donors (Lipinski definition) is 1. The van der Waals surface area contributed by atoms with Gasteiger partial charge in [0.1, 0.15) is 16.3 Å². The van der Waals surface area contributed by atoms with Crippen molar-refractivity contribution >= 4 is 23.2 Å². The second-order valence-corrected chi connectivity index (χ2v) is 5.48. The zero-order valence-electron chi connectivity index (χ0n) is 11.4. The topological polar surface area (TPSA) is 59.3 Å². The Hall–Kier alpha value is -1.83. The number of rotatable bonds is 2. The van der Waals surface area contributed by atoms with Gasteiger partial charge in [0.25, 0.3) is 5.91 Å². The standard InChI is InChI=1S/C12H12ClF3N4O/c1-6-4-8(13)18-9-7(5-17-20(6)9)10(21)19-11(2,3)12(14,15)16/h4-5H,1-3H3,(H,19,21). The van der Waals surface area contributed by atoms with Gasteiger partial charge in [-0.3, -0.25) is 4.79 Å². The molecule has 9 heteroatoms. The van der Waals surface area contributed by atoms with Gasteiger partial charge in [0.15, 0.2) is 5.65 Å². The molecule has 114 valence electrons. The van der Waals surface area contributed by atoms with Gasteiger partial charge < -0.3 is 5.32 Å². The zero-order valence-corrected chi connectivity index (χ0v) is 12.2. The summed E-state index contributed by atoms with van der Waals surface area (Å²) in [6.45, 7) is 3.44. The van der Waals surface area contributed by atoms with E-state index in [1.807, 2.05) is 5.32 Å². The van der Waals surface area contributed by atoms with Crippen molar-refractivity contribution in [2.75, 3.05) is 0 Å². The van der Waals surface area contributed by atoms with E-state index in [2.05, 4.69) is 10.1 Å². The molecule has 0 unspecified atom stereocenters. The van der Waals surface area contributed by atoms with Crippen molar-refractivity contribution in [3.05, 3.63) is 28.7 Å². The molecular formula is C12H12ClF3N4O. The van der Waals surface area contributed by atoms with E-state index in [0.29, 0.717) is 5.69 Å². The van der Waals surface area contributed by atoms with Crippen LogP contribution in [0.25, 0.3) is 5.65 Å². The van der Waals surface area contributed by atoms with Gasteiger partial charge in [0.2, 0.25) is 0 Å². The molecule has 0 saturated heterocycles. The summed E-state index contributed by atoms with van der Waals surface area (Å²) in [5.41, 5.74) is -1.72. The number of aryl methyl sites for hydroxylation is 1. The van der Waals surface area contributed by atoms with Gasteiger partial charge in [-0.05, 0) is 26.8 Å². The summed E-state index contributed by atoms with van der Waals surface area (Å²) in [5, 5.41) is 5.98. The molecule has 0 radical (unpaired) electrons. The molecule has 0 saturated carbocycles. The van der Waals surface area contributed by atoms with E-state index in [0.717, 1.165) is 20.0 Å². The summed E-state index contributed by atoms with van der Waals surface area (Å²) in [6, 6.07) is 1.53. The minimum atomic E-state index is -4.58. The highest BCUT2D eigenvalue weighted by molar-refractivity contribution is 6.29. The monoisotopic (exact) mass is 320 g/mol. The van der Waals surface area contributed by atoms with Crippen molar-refractivity contribution in [1.29, 1.82) is 0 Å². The number of aromatic nitrogens is 3. The fraction of sp³-hybridized carbons (Fsp3) is 0.417. The van der Waals surface area contributed by atoms with Crippen LogP contribution in [-0.4, -0.2) is 32.2 Å². The lowest BCUT2D eigenvalue weighted by atomic mass is 10.0. The third kappa shape index (κ3) is 2.80. The van der Waals surface area contributed by atoms with Crippen molar-refractivity contribution in [3.63, 3.8) is 0 Å². The van der Waals surface area contributed by atoms with Crippen molar-refractivity contribution in [2.45, 2.75) is 32.5 Å². The molecule has 0 spiro atoms. The van der Waals surface area contributed by atoms with Gasteiger partial charge in [-0.25, -0.2) is 9.50 Å². The first-order valence-corrected chi connectivity index (χ1v) is 6.31. The lowest BCUT2D eigenvalue weighted by Crippen LogP contribution is -2.54. The Morgan fingerprint density at radius 1 is 1.38 bits per heavy atom. The molecule has 0 fully saturated rings. The van der Waals surface area contributed by atoms with Crippen molar-refractivity contribution in [1.82, 2.24) is 19.9 Å². The Bertz CT molecular complexity index is 708. The number of alkyl halides is 3. The second kappa shape index (κ2) is 4.87. The predicted molar refractivity (Wildman–Crippen MR) is 70.3 cm³/mol. The number of carbonyl (C=O) groups is 1. The Morgan fingerprint density at radius 2 is 2.00 bits per heavy atom. The summed E-state index contributed by atoms with van der Waals surface area (Å²) in [5.74, 6) is -0.915. The van der Waals surface area contributed by atoms with Crippen LogP contribution >= 0.6 is 11.6 Å². The Labute approximate surface area is 123 Å². The summed E-state index contributed by atoms with van der Waals surface area (Å²) in [4.78, 5) is 16.0. The molecule has 21 heavy (non-hydrogen) atoms. The molecule has 0 bridgehead atoms. The minimum absolute atomic E-state index is 0.0714. The van der Waals surface area contributed by atoms with Gasteiger partial charge in [-0.15, -0.1) is 0 Å². The molecular weight excluding hydrogens is 309 g/mol. The van der Waals surface area contributed by atoms with E-state index in [9.17, 15) is 18.0 Å². The fourth-order valence-electron chi connectivity index (χ4n) is 1.66. The first-order chi connectivity index (χ1) is 9.53. The molecule has 0 aliphatic rings. The van der Waals surface area contributed by atoms with Crippen LogP contribution in [0.15, 0.2) is 12.3 Å². The average Bonchev–Trinajstić information content (AvgIpc) is 2.70. The zero-order chi connectivity index (χ0) is 16.0. The van der Waals surface area contributed by atoms with E-state index in [4.69, 9.17) is 11.6 Å².